The number of hydrogen-bond donors (Lipinski definition) is 1. The van der Waals surface area contributed by atoms with Gasteiger partial charge < -0.3 is 14.2 Å². The molecule has 4 rings (SSSR count). The topological polar surface area (TPSA) is 73.7 Å². The first-order valence-corrected chi connectivity index (χ1v) is 10.3. The zero-order chi connectivity index (χ0) is 22.3. The fourth-order valence-corrected chi connectivity index (χ4v) is 3.26. The molecule has 1 aromatic heterocycles. The van der Waals surface area contributed by atoms with E-state index in [2.05, 4.69) is 15.3 Å². The molecule has 0 aliphatic carbocycles. The summed E-state index contributed by atoms with van der Waals surface area (Å²) in [5.41, 5.74) is 2.81. The van der Waals surface area contributed by atoms with Gasteiger partial charge in [0.1, 0.15) is 12.4 Å². The van der Waals surface area contributed by atoms with Gasteiger partial charge in [-0.15, -0.1) is 0 Å². The average molecular weight is 447 g/mol. The molecule has 32 heavy (non-hydrogen) atoms. The molecular formula is C24H22N4O3S. The summed E-state index contributed by atoms with van der Waals surface area (Å²) in [6.07, 6.45) is 1.72. The Balaban J connectivity index is 1.51. The molecule has 0 atom stereocenters. The van der Waals surface area contributed by atoms with Gasteiger partial charge in [-0.3, -0.25) is 0 Å². The third kappa shape index (κ3) is 4.87. The number of H-pyrrole nitrogens is 1. The smallest absolute Gasteiger partial charge is 0.216 e. The molecule has 4 aromatic rings. The normalized spacial score (nSPS) is 10.9. The van der Waals surface area contributed by atoms with E-state index in [9.17, 15) is 0 Å². The van der Waals surface area contributed by atoms with E-state index in [-0.39, 0.29) is 0 Å². The van der Waals surface area contributed by atoms with Crippen molar-refractivity contribution in [2.75, 3.05) is 14.2 Å². The summed E-state index contributed by atoms with van der Waals surface area (Å²) >= 11 is 5.36. The summed E-state index contributed by atoms with van der Waals surface area (Å²) in [6.45, 7) is 0.521. The van der Waals surface area contributed by atoms with Crippen LogP contribution < -0.4 is 14.2 Å². The van der Waals surface area contributed by atoms with Crippen molar-refractivity contribution in [1.29, 1.82) is 0 Å². The van der Waals surface area contributed by atoms with Crippen LogP contribution in [0.4, 0.5) is 0 Å². The van der Waals surface area contributed by atoms with Crippen LogP contribution >= 0.6 is 12.2 Å². The third-order valence-electron chi connectivity index (χ3n) is 4.74. The summed E-state index contributed by atoms with van der Waals surface area (Å²) in [6, 6.07) is 23.2. The third-order valence-corrected chi connectivity index (χ3v) is 5.01. The van der Waals surface area contributed by atoms with Crippen LogP contribution in [0.2, 0.25) is 0 Å². The average Bonchev–Trinajstić information content (AvgIpc) is 3.22. The Kier molecular flexibility index (Phi) is 6.62. The number of nitrogens with one attached hydrogen (secondary N) is 1. The van der Waals surface area contributed by atoms with Crippen LogP contribution in [0, 0.1) is 4.77 Å². The first kappa shape index (κ1) is 21.3. The second kappa shape index (κ2) is 9.93. The van der Waals surface area contributed by atoms with Crippen LogP contribution in [0.15, 0.2) is 77.9 Å². The minimum Gasteiger partial charge on any atom is -0.493 e. The van der Waals surface area contributed by atoms with E-state index >= 15 is 0 Å². The maximum absolute atomic E-state index is 5.83. The molecular weight excluding hydrogens is 424 g/mol. The molecule has 0 amide bonds. The predicted molar refractivity (Wildman–Crippen MR) is 126 cm³/mol. The van der Waals surface area contributed by atoms with Gasteiger partial charge in [-0.05, 0) is 65.8 Å². The van der Waals surface area contributed by atoms with Crippen LogP contribution in [-0.2, 0) is 6.61 Å². The quantitative estimate of drug-likeness (QED) is 0.302. The molecule has 0 fully saturated rings. The van der Waals surface area contributed by atoms with E-state index in [4.69, 9.17) is 26.4 Å². The van der Waals surface area contributed by atoms with Gasteiger partial charge in [-0.1, -0.05) is 30.3 Å². The van der Waals surface area contributed by atoms with Crippen molar-refractivity contribution < 1.29 is 14.2 Å². The SMILES string of the molecule is COc1ccc(-c2n[nH]c(=S)n2N=Cc2ccc(OCc3ccccc3)cc2)cc1OC. The minimum absolute atomic E-state index is 0.383. The molecule has 162 valence electrons. The minimum atomic E-state index is 0.383. The summed E-state index contributed by atoms with van der Waals surface area (Å²) in [5, 5.41) is 11.6. The van der Waals surface area contributed by atoms with Crippen LogP contribution in [0.1, 0.15) is 11.1 Å². The number of aromatic amines is 1. The molecule has 0 saturated heterocycles. The maximum Gasteiger partial charge on any atom is 0.216 e. The van der Waals surface area contributed by atoms with Gasteiger partial charge in [0.15, 0.2) is 17.3 Å². The highest BCUT2D eigenvalue weighted by Crippen LogP contribution is 2.31. The van der Waals surface area contributed by atoms with Crippen molar-refractivity contribution >= 4 is 18.4 Å². The van der Waals surface area contributed by atoms with E-state index in [1.54, 1.807) is 25.1 Å². The summed E-state index contributed by atoms with van der Waals surface area (Å²) in [5.74, 6) is 2.59. The molecule has 0 unspecified atom stereocenters. The van der Waals surface area contributed by atoms with Crippen LogP contribution in [0.25, 0.3) is 11.4 Å². The van der Waals surface area contributed by atoms with Gasteiger partial charge in [-0.25, -0.2) is 5.10 Å². The van der Waals surface area contributed by atoms with E-state index < -0.39 is 0 Å². The molecule has 7 nitrogen and oxygen atoms in total. The number of benzene rings is 3. The van der Waals surface area contributed by atoms with Gasteiger partial charge in [0, 0.05) is 5.56 Å². The second-order valence-corrected chi connectivity index (χ2v) is 7.21. The molecule has 0 bridgehead atoms. The molecule has 0 saturated carbocycles. The number of methoxy groups -OCH3 is 2. The molecule has 0 aliphatic rings. The van der Waals surface area contributed by atoms with Crippen molar-refractivity contribution in [1.82, 2.24) is 14.9 Å². The standard InChI is InChI=1S/C24H22N4O3S/c1-29-21-13-10-19(14-22(21)30-2)23-26-27-24(32)28(23)25-15-17-8-11-20(12-9-17)31-16-18-6-4-3-5-7-18/h3-15H,16H2,1-2H3,(H,27,32). The van der Waals surface area contributed by atoms with E-state index in [1.807, 2.05) is 72.8 Å². The number of hydrogen-bond acceptors (Lipinski definition) is 6. The van der Waals surface area contributed by atoms with Gasteiger partial charge in [-0.2, -0.15) is 14.9 Å². The largest absolute Gasteiger partial charge is 0.493 e. The highest BCUT2D eigenvalue weighted by Gasteiger charge is 2.12. The Hall–Kier alpha value is -3.91. The van der Waals surface area contributed by atoms with Crippen molar-refractivity contribution in [2.45, 2.75) is 6.61 Å². The monoisotopic (exact) mass is 446 g/mol. The molecule has 0 aliphatic heterocycles. The van der Waals surface area contributed by atoms with E-state index in [0.29, 0.717) is 28.7 Å². The van der Waals surface area contributed by atoms with Gasteiger partial charge in [0.25, 0.3) is 0 Å². The predicted octanol–water partition coefficient (Wildman–Crippen LogP) is 5.09. The van der Waals surface area contributed by atoms with E-state index in [0.717, 1.165) is 22.4 Å². The molecule has 3 aromatic carbocycles. The zero-order valence-corrected chi connectivity index (χ0v) is 18.5. The number of rotatable bonds is 8. The molecule has 1 heterocycles. The van der Waals surface area contributed by atoms with Crippen LogP contribution in [-0.4, -0.2) is 35.3 Å². The second-order valence-electron chi connectivity index (χ2n) is 6.82. The number of aromatic nitrogens is 3. The lowest BCUT2D eigenvalue weighted by atomic mass is 10.2. The van der Waals surface area contributed by atoms with Gasteiger partial charge in [0.2, 0.25) is 4.77 Å². The first-order valence-electron chi connectivity index (χ1n) is 9.89. The Morgan fingerprint density at radius 2 is 1.72 bits per heavy atom. The maximum atomic E-state index is 5.83. The van der Waals surface area contributed by atoms with Crippen molar-refractivity contribution in [3.8, 4) is 28.6 Å². The first-order chi connectivity index (χ1) is 15.7. The summed E-state index contributed by atoms with van der Waals surface area (Å²) < 4.78 is 18.5. The fraction of sp³-hybridized carbons (Fsp3) is 0.125. The Bertz CT molecular complexity index is 1260. The highest BCUT2D eigenvalue weighted by atomic mass is 32.1. The van der Waals surface area contributed by atoms with Crippen molar-refractivity contribution in [2.24, 2.45) is 5.10 Å². The lowest BCUT2D eigenvalue weighted by Gasteiger charge is -2.09. The van der Waals surface area contributed by atoms with Crippen LogP contribution in [0.5, 0.6) is 17.2 Å². The zero-order valence-electron chi connectivity index (χ0n) is 17.7. The molecule has 8 heteroatoms. The van der Waals surface area contributed by atoms with E-state index in [1.165, 1.54) is 0 Å². The lowest BCUT2D eigenvalue weighted by Crippen LogP contribution is -1.97. The molecule has 1 N–H and O–H groups in total. The Labute approximate surface area is 190 Å². The molecule has 0 radical (unpaired) electrons. The fourth-order valence-electron chi connectivity index (χ4n) is 3.08. The number of ether oxygens (including phenoxy) is 3. The van der Waals surface area contributed by atoms with Gasteiger partial charge >= 0.3 is 0 Å². The summed E-state index contributed by atoms with van der Waals surface area (Å²) in [7, 11) is 3.18. The van der Waals surface area contributed by atoms with Crippen LogP contribution in [0.3, 0.4) is 0 Å². The lowest BCUT2D eigenvalue weighted by molar-refractivity contribution is 0.306. The number of nitrogens with zero attached hydrogens (tertiary/aromatic N) is 3. The molecule has 0 spiro atoms. The van der Waals surface area contributed by atoms with Crippen molar-refractivity contribution in [3.63, 3.8) is 0 Å². The summed E-state index contributed by atoms with van der Waals surface area (Å²) in [4.78, 5) is 0. The Morgan fingerprint density at radius 1 is 0.969 bits per heavy atom. The van der Waals surface area contributed by atoms with Gasteiger partial charge in [0.05, 0.1) is 20.4 Å². The van der Waals surface area contributed by atoms with Crippen molar-refractivity contribution in [3.05, 3.63) is 88.7 Å². The highest BCUT2D eigenvalue weighted by molar-refractivity contribution is 7.71. The Morgan fingerprint density at radius 3 is 2.44 bits per heavy atom.